The van der Waals surface area contributed by atoms with Crippen LogP contribution < -0.4 is 16.0 Å². The Labute approximate surface area is 111 Å². The molecule has 0 aliphatic heterocycles. The second kappa shape index (κ2) is 6.26. The predicted octanol–water partition coefficient (Wildman–Crippen LogP) is 1.98. The molecule has 1 aromatic carbocycles. The highest BCUT2D eigenvalue weighted by Gasteiger charge is 2.18. The maximum absolute atomic E-state index is 13.7. The zero-order valence-corrected chi connectivity index (χ0v) is 10.6. The van der Waals surface area contributed by atoms with Gasteiger partial charge in [0.1, 0.15) is 17.3 Å². The first-order valence-electron chi connectivity index (χ1n) is 5.94. The molecule has 4 nitrogen and oxygen atoms in total. The molecule has 1 unspecified atom stereocenters. The summed E-state index contributed by atoms with van der Waals surface area (Å²) in [6.07, 6.45) is 2.06. The third-order valence-corrected chi connectivity index (χ3v) is 2.93. The Balaban J connectivity index is 2.28. The van der Waals surface area contributed by atoms with E-state index in [9.17, 15) is 4.39 Å². The molecule has 5 heteroatoms. The number of hydrogen-bond acceptors (Lipinski definition) is 4. The highest BCUT2D eigenvalue weighted by Crippen LogP contribution is 2.25. The van der Waals surface area contributed by atoms with Gasteiger partial charge < -0.3 is 4.74 Å². The third kappa shape index (κ3) is 3.07. The summed E-state index contributed by atoms with van der Waals surface area (Å²) in [5, 5.41) is 0. The zero-order chi connectivity index (χ0) is 13.7. The van der Waals surface area contributed by atoms with E-state index in [0.717, 1.165) is 0 Å². The SMILES string of the molecule is COc1cccnc1C(Cc1ccccc1F)NN. The van der Waals surface area contributed by atoms with Crippen molar-refractivity contribution >= 4 is 0 Å². The summed E-state index contributed by atoms with van der Waals surface area (Å²) >= 11 is 0. The van der Waals surface area contributed by atoms with E-state index in [0.29, 0.717) is 23.4 Å². The summed E-state index contributed by atoms with van der Waals surface area (Å²) in [7, 11) is 1.57. The highest BCUT2D eigenvalue weighted by molar-refractivity contribution is 5.31. The van der Waals surface area contributed by atoms with Gasteiger partial charge in [-0.2, -0.15) is 0 Å². The molecule has 0 spiro atoms. The van der Waals surface area contributed by atoms with Gasteiger partial charge in [0.25, 0.3) is 0 Å². The largest absolute Gasteiger partial charge is 0.495 e. The van der Waals surface area contributed by atoms with E-state index in [1.165, 1.54) is 6.07 Å². The molecule has 0 bridgehead atoms. The lowest BCUT2D eigenvalue weighted by Gasteiger charge is -2.18. The molecule has 3 N–H and O–H groups in total. The van der Waals surface area contributed by atoms with E-state index in [1.807, 2.05) is 0 Å². The van der Waals surface area contributed by atoms with Crippen molar-refractivity contribution in [1.29, 1.82) is 0 Å². The number of rotatable bonds is 5. The van der Waals surface area contributed by atoms with Crippen molar-refractivity contribution in [1.82, 2.24) is 10.4 Å². The number of hydrogen-bond donors (Lipinski definition) is 2. The van der Waals surface area contributed by atoms with Gasteiger partial charge >= 0.3 is 0 Å². The second-order valence-electron chi connectivity index (χ2n) is 4.11. The molecule has 0 fully saturated rings. The molecular weight excluding hydrogens is 245 g/mol. The summed E-state index contributed by atoms with van der Waals surface area (Å²) in [5.74, 6) is 5.93. The lowest BCUT2D eigenvalue weighted by molar-refractivity contribution is 0.393. The minimum atomic E-state index is -0.312. The number of methoxy groups -OCH3 is 1. The zero-order valence-electron chi connectivity index (χ0n) is 10.6. The predicted molar refractivity (Wildman–Crippen MR) is 71.0 cm³/mol. The Morgan fingerprint density at radius 1 is 1.32 bits per heavy atom. The van der Waals surface area contributed by atoms with Gasteiger partial charge in [0.2, 0.25) is 0 Å². The van der Waals surface area contributed by atoms with Crippen LogP contribution >= 0.6 is 0 Å². The monoisotopic (exact) mass is 261 g/mol. The van der Waals surface area contributed by atoms with Crippen molar-refractivity contribution in [2.75, 3.05) is 7.11 Å². The molecule has 0 amide bonds. The van der Waals surface area contributed by atoms with Crippen LogP contribution in [0.2, 0.25) is 0 Å². The fourth-order valence-corrected chi connectivity index (χ4v) is 1.96. The van der Waals surface area contributed by atoms with Crippen LogP contribution in [0.4, 0.5) is 4.39 Å². The number of nitrogens with two attached hydrogens (primary N) is 1. The van der Waals surface area contributed by atoms with Crippen LogP contribution in [-0.4, -0.2) is 12.1 Å². The fourth-order valence-electron chi connectivity index (χ4n) is 1.96. The molecule has 1 atom stereocenters. The Morgan fingerprint density at radius 3 is 2.79 bits per heavy atom. The number of aromatic nitrogens is 1. The van der Waals surface area contributed by atoms with Crippen molar-refractivity contribution in [3.63, 3.8) is 0 Å². The van der Waals surface area contributed by atoms with E-state index < -0.39 is 0 Å². The van der Waals surface area contributed by atoms with Crippen LogP contribution in [-0.2, 0) is 6.42 Å². The van der Waals surface area contributed by atoms with E-state index >= 15 is 0 Å². The van der Waals surface area contributed by atoms with Gasteiger partial charge in [-0.05, 0) is 30.2 Å². The van der Waals surface area contributed by atoms with Gasteiger partial charge in [0.15, 0.2) is 0 Å². The summed E-state index contributed by atoms with van der Waals surface area (Å²) in [5.41, 5.74) is 3.90. The summed E-state index contributed by atoms with van der Waals surface area (Å²) in [6, 6.07) is 9.88. The Morgan fingerprint density at radius 2 is 2.11 bits per heavy atom. The summed E-state index contributed by atoms with van der Waals surface area (Å²) in [6.45, 7) is 0. The van der Waals surface area contributed by atoms with Crippen molar-refractivity contribution in [2.45, 2.75) is 12.5 Å². The number of pyridine rings is 1. The van der Waals surface area contributed by atoms with Crippen LogP contribution in [0, 0.1) is 5.82 Å². The molecule has 19 heavy (non-hydrogen) atoms. The van der Waals surface area contributed by atoms with Crippen LogP contribution in [0.15, 0.2) is 42.6 Å². The number of nitrogens with zero attached hydrogens (tertiary/aromatic N) is 1. The van der Waals surface area contributed by atoms with Gasteiger partial charge in [-0.15, -0.1) is 0 Å². The van der Waals surface area contributed by atoms with E-state index in [-0.39, 0.29) is 11.9 Å². The highest BCUT2D eigenvalue weighted by atomic mass is 19.1. The number of nitrogens with one attached hydrogen (secondary N) is 1. The standard InChI is InChI=1S/C14H16FN3O/c1-19-13-7-4-8-17-14(13)12(18-16)9-10-5-2-3-6-11(10)15/h2-8,12,18H,9,16H2,1H3. The van der Waals surface area contributed by atoms with Gasteiger partial charge in [-0.3, -0.25) is 16.3 Å². The Hall–Kier alpha value is -1.98. The lowest BCUT2D eigenvalue weighted by atomic mass is 10.0. The topological polar surface area (TPSA) is 60.2 Å². The minimum Gasteiger partial charge on any atom is -0.495 e. The van der Waals surface area contributed by atoms with Gasteiger partial charge in [0, 0.05) is 6.20 Å². The smallest absolute Gasteiger partial charge is 0.142 e. The first-order valence-corrected chi connectivity index (χ1v) is 5.94. The van der Waals surface area contributed by atoms with E-state index in [1.54, 1.807) is 43.6 Å². The summed E-state index contributed by atoms with van der Waals surface area (Å²) < 4.78 is 18.9. The van der Waals surface area contributed by atoms with E-state index in [2.05, 4.69) is 10.4 Å². The van der Waals surface area contributed by atoms with Crippen molar-refractivity contribution in [3.05, 3.63) is 59.7 Å². The first-order chi connectivity index (χ1) is 9.26. The molecule has 2 rings (SSSR count). The number of hydrazine groups is 1. The number of ether oxygens (including phenoxy) is 1. The van der Waals surface area contributed by atoms with Crippen molar-refractivity contribution in [3.8, 4) is 5.75 Å². The van der Waals surface area contributed by atoms with Crippen LogP contribution in [0.1, 0.15) is 17.3 Å². The van der Waals surface area contributed by atoms with E-state index in [4.69, 9.17) is 10.6 Å². The molecule has 2 aromatic rings. The number of halogens is 1. The Bertz CT molecular complexity index is 548. The minimum absolute atomic E-state index is 0.252. The quantitative estimate of drug-likeness (QED) is 0.638. The van der Waals surface area contributed by atoms with Crippen LogP contribution in [0.5, 0.6) is 5.75 Å². The van der Waals surface area contributed by atoms with Crippen molar-refractivity contribution < 1.29 is 9.13 Å². The van der Waals surface area contributed by atoms with Gasteiger partial charge in [0.05, 0.1) is 13.2 Å². The van der Waals surface area contributed by atoms with Crippen LogP contribution in [0.3, 0.4) is 0 Å². The molecule has 0 aliphatic carbocycles. The average molecular weight is 261 g/mol. The normalized spacial score (nSPS) is 12.2. The molecule has 0 aliphatic rings. The molecule has 0 radical (unpaired) electrons. The second-order valence-corrected chi connectivity index (χ2v) is 4.11. The fraction of sp³-hybridized carbons (Fsp3) is 0.214. The molecule has 1 heterocycles. The van der Waals surface area contributed by atoms with Crippen molar-refractivity contribution in [2.24, 2.45) is 5.84 Å². The molecular formula is C14H16FN3O. The maximum atomic E-state index is 13.7. The first kappa shape index (κ1) is 13.5. The molecule has 0 saturated heterocycles. The Kier molecular flexibility index (Phi) is 4.43. The van der Waals surface area contributed by atoms with Crippen LogP contribution in [0.25, 0.3) is 0 Å². The maximum Gasteiger partial charge on any atom is 0.142 e. The number of benzene rings is 1. The lowest BCUT2D eigenvalue weighted by Crippen LogP contribution is -2.30. The van der Waals surface area contributed by atoms with Gasteiger partial charge in [-0.1, -0.05) is 18.2 Å². The van der Waals surface area contributed by atoms with Gasteiger partial charge in [-0.25, -0.2) is 4.39 Å². The molecule has 1 aromatic heterocycles. The average Bonchev–Trinajstić information content (AvgIpc) is 2.46. The summed E-state index contributed by atoms with van der Waals surface area (Å²) in [4.78, 5) is 4.26. The third-order valence-electron chi connectivity index (χ3n) is 2.93. The molecule has 100 valence electrons. The molecule has 0 saturated carbocycles.